The van der Waals surface area contributed by atoms with Crippen molar-refractivity contribution in [2.75, 3.05) is 52.4 Å². The molecular weight excluding hydrogens is 418 g/mol. The molecule has 4 fully saturated rings. The molecule has 4 aliphatic rings. The Balaban J connectivity index is 0.000000221. The lowest BCUT2D eigenvalue weighted by Gasteiger charge is -2.41. The number of halogens is 2. The predicted octanol–water partition coefficient (Wildman–Crippen LogP) is 5.82. The van der Waals surface area contributed by atoms with Gasteiger partial charge < -0.3 is 14.7 Å². The van der Waals surface area contributed by atoms with Crippen LogP contribution in [0, 0.1) is 0 Å². The van der Waals surface area contributed by atoms with E-state index < -0.39 is 5.92 Å². The highest BCUT2D eigenvalue weighted by Crippen LogP contribution is 2.27. The van der Waals surface area contributed by atoms with E-state index in [2.05, 4.69) is 56.2 Å². The highest BCUT2D eigenvalue weighted by molar-refractivity contribution is 4.88. The van der Waals surface area contributed by atoms with Gasteiger partial charge >= 0.3 is 0 Å². The molecule has 33 heavy (non-hydrogen) atoms. The second kappa shape index (κ2) is 15.6. The number of rotatable bonds is 4. The summed E-state index contributed by atoms with van der Waals surface area (Å²) in [6.07, 6.45) is 8.52. The van der Waals surface area contributed by atoms with Crippen LogP contribution in [-0.2, 0) is 0 Å². The molecular formula is C27H56F2N4. The van der Waals surface area contributed by atoms with E-state index >= 15 is 0 Å². The Hall–Kier alpha value is -0.300. The smallest absolute Gasteiger partial charge is 0.272 e. The molecule has 0 atom stereocenters. The Bertz CT molecular complexity index is 473. The van der Waals surface area contributed by atoms with Gasteiger partial charge in [0.15, 0.2) is 0 Å². The van der Waals surface area contributed by atoms with Crippen LogP contribution in [0.4, 0.5) is 8.78 Å². The lowest BCUT2D eigenvalue weighted by atomic mass is 10.1. The third-order valence-corrected chi connectivity index (χ3v) is 7.21. The predicted molar refractivity (Wildman–Crippen MR) is 139 cm³/mol. The number of nitrogens with zero attached hydrogens (tertiary/aromatic N) is 4. The van der Waals surface area contributed by atoms with Gasteiger partial charge in [-0.2, -0.15) is 0 Å². The molecule has 4 rings (SSSR count). The summed E-state index contributed by atoms with van der Waals surface area (Å²) in [5.74, 6) is -2.40. The summed E-state index contributed by atoms with van der Waals surface area (Å²) in [5, 5.41) is 0. The van der Waals surface area contributed by atoms with Gasteiger partial charge in [0.25, 0.3) is 5.92 Å². The third-order valence-electron chi connectivity index (χ3n) is 7.21. The Morgan fingerprint density at radius 1 is 0.424 bits per heavy atom. The molecule has 4 nitrogen and oxygen atoms in total. The summed E-state index contributed by atoms with van der Waals surface area (Å²) in [6, 6.07) is 2.60. The molecule has 0 amide bonds. The van der Waals surface area contributed by atoms with E-state index in [1.165, 1.54) is 77.8 Å². The van der Waals surface area contributed by atoms with Crippen LogP contribution in [0.25, 0.3) is 0 Å². The van der Waals surface area contributed by atoms with Crippen molar-refractivity contribution in [3.63, 3.8) is 0 Å². The fraction of sp³-hybridized carbons (Fsp3) is 1.00. The van der Waals surface area contributed by atoms with Gasteiger partial charge in [0.1, 0.15) is 0 Å². The van der Waals surface area contributed by atoms with E-state index in [9.17, 15) is 8.78 Å². The number of hydrogen-bond acceptors (Lipinski definition) is 4. The Morgan fingerprint density at radius 3 is 0.848 bits per heavy atom. The quantitative estimate of drug-likeness (QED) is 0.509. The second-order valence-electron chi connectivity index (χ2n) is 11.4. The van der Waals surface area contributed by atoms with Gasteiger partial charge in [-0.3, -0.25) is 4.90 Å². The third kappa shape index (κ3) is 12.8. The van der Waals surface area contributed by atoms with Crippen LogP contribution < -0.4 is 0 Å². The average molecular weight is 475 g/mol. The van der Waals surface area contributed by atoms with Gasteiger partial charge in [0.05, 0.1) is 13.1 Å². The molecule has 0 unspecified atom stereocenters. The molecule has 4 aliphatic heterocycles. The second-order valence-corrected chi connectivity index (χ2v) is 11.4. The summed E-state index contributed by atoms with van der Waals surface area (Å²) in [6.45, 7) is 25.3. The molecule has 0 saturated carbocycles. The molecule has 198 valence electrons. The summed E-state index contributed by atoms with van der Waals surface area (Å²) in [4.78, 5) is 9.31. The van der Waals surface area contributed by atoms with Crippen LogP contribution in [0.3, 0.4) is 0 Å². The van der Waals surface area contributed by atoms with Crippen molar-refractivity contribution < 1.29 is 8.78 Å². The number of hydrogen-bond donors (Lipinski definition) is 0. The number of piperidine rings is 1. The minimum atomic E-state index is -2.40. The van der Waals surface area contributed by atoms with Crippen LogP contribution >= 0.6 is 0 Å². The Labute approximate surface area is 205 Å². The molecule has 0 radical (unpaired) electrons. The van der Waals surface area contributed by atoms with Crippen molar-refractivity contribution in [2.45, 2.75) is 124 Å². The summed E-state index contributed by atoms with van der Waals surface area (Å²) < 4.78 is 24.2. The zero-order valence-corrected chi connectivity index (χ0v) is 23.3. The summed E-state index contributed by atoms with van der Waals surface area (Å²) in [5.41, 5.74) is 0. The minimum absolute atomic E-state index is 0.0509. The summed E-state index contributed by atoms with van der Waals surface area (Å²) in [7, 11) is 0. The van der Waals surface area contributed by atoms with Crippen LogP contribution in [0.15, 0.2) is 0 Å². The molecule has 0 N–H and O–H groups in total. The molecule has 0 spiro atoms. The normalized spacial score (nSPS) is 23.8. The minimum Gasteiger partial charge on any atom is -0.301 e. The van der Waals surface area contributed by atoms with Crippen molar-refractivity contribution in [2.24, 2.45) is 0 Å². The first kappa shape index (κ1) is 30.7. The van der Waals surface area contributed by atoms with E-state index in [0.29, 0.717) is 0 Å². The maximum absolute atomic E-state index is 12.1. The lowest BCUT2D eigenvalue weighted by molar-refractivity contribution is -0.141. The number of likely N-dealkylation sites (tertiary alicyclic amines) is 4. The van der Waals surface area contributed by atoms with Crippen molar-refractivity contribution >= 4 is 0 Å². The van der Waals surface area contributed by atoms with Crippen molar-refractivity contribution in [3.8, 4) is 0 Å². The zero-order valence-electron chi connectivity index (χ0n) is 23.3. The van der Waals surface area contributed by atoms with Gasteiger partial charge in [0.2, 0.25) is 0 Å². The van der Waals surface area contributed by atoms with Crippen LogP contribution in [-0.4, -0.2) is 102 Å². The van der Waals surface area contributed by atoms with Crippen molar-refractivity contribution in [1.82, 2.24) is 19.6 Å². The summed E-state index contributed by atoms with van der Waals surface area (Å²) >= 11 is 0. The Kier molecular flexibility index (Phi) is 14.6. The van der Waals surface area contributed by atoms with Crippen LogP contribution in [0.2, 0.25) is 0 Å². The molecule has 6 heteroatoms. The topological polar surface area (TPSA) is 13.0 Å². The fourth-order valence-electron chi connectivity index (χ4n) is 4.46. The monoisotopic (exact) mass is 474 g/mol. The lowest BCUT2D eigenvalue weighted by Crippen LogP contribution is -2.58. The van der Waals surface area contributed by atoms with Gasteiger partial charge in [-0.05, 0) is 127 Å². The van der Waals surface area contributed by atoms with Crippen molar-refractivity contribution in [3.05, 3.63) is 0 Å². The largest absolute Gasteiger partial charge is 0.301 e. The van der Waals surface area contributed by atoms with Gasteiger partial charge in [0, 0.05) is 24.2 Å². The highest BCUT2D eigenvalue weighted by atomic mass is 19.3. The maximum atomic E-state index is 12.1. The van der Waals surface area contributed by atoms with Crippen molar-refractivity contribution in [1.29, 1.82) is 0 Å². The molecule has 0 aromatic heterocycles. The molecule has 4 saturated heterocycles. The van der Waals surface area contributed by atoms with E-state index in [4.69, 9.17) is 0 Å². The van der Waals surface area contributed by atoms with E-state index in [-0.39, 0.29) is 19.1 Å². The molecule has 4 heterocycles. The van der Waals surface area contributed by atoms with E-state index in [1.807, 2.05) is 13.8 Å². The van der Waals surface area contributed by atoms with Crippen LogP contribution in [0.1, 0.15) is 93.9 Å². The van der Waals surface area contributed by atoms with Crippen LogP contribution in [0.5, 0.6) is 0 Å². The zero-order chi connectivity index (χ0) is 25.0. The first-order valence-electron chi connectivity index (χ1n) is 13.8. The van der Waals surface area contributed by atoms with E-state index in [0.717, 1.165) is 18.1 Å². The number of alkyl halides is 2. The molecule has 0 aromatic carbocycles. The standard InChI is InChI=1S/C8H17N.C7H15N.C6H11F2N.C6H13N/c1-8(2)9-6-4-3-5-7-9;1-7(2)8-5-3-4-6-8;1-5(2)9-3-6(7,8)4-9;1-6(2)7-4-3-5-7/h8H,3-7H2,1-2H3;7H,3-6H2,1-2H3;5H,3-4H2,1-2H3;6H,3-5H2,1-2H3. The molecule has 0 bridgehead atoms. The highest BCUT2D eigenvalue weighted by Gasteiger charge is 2.44. The maximum Gasteiger partial charge on any atom is 0.272 e. The molecule has 0 aromatic rings. The first-order valence-corrected chi connectivity index (χ1v) is 13.8. The first-order chi connectivity index (χ1) is 15.4. The van der Waals surface area contributed by atoms with E-state index in [1.54, 1.807) is 4.90 Å². The van der Waals surface area contributed by atoms with Gasteiger partial charge in [-0.15, -0.1) is 0 Å². The van der Waals surface area contributed by atoms with Gasteiger partial charge in [-0.1, -0.05) is 6.42 Å². The van der Waals surface area contributed by atoms with Gasteiger partial charge in [-0.25, -0.2) is 8.78 Å². The Morgan fingerprint density at radius 2 is 0.697 bits per heavy atom. The average Bonchev–Trinajstić information content (AvgIpc) is 3.21. The molecule has 0 aliphatic carbocycles. The fourth-order valence-corrected chi connectivity index (χ4v) is 4.46. The SMILES string of the molecule is CC(C)N1CC(F)(F)C1.CC(C)N1CCC1.CC(C)N1CCCC1.CC(C)N1CCCCC1.